The molecule has 9 heteroatoms. The van der Waals surface area contributed by atoms with E-state index < -0.39 is 29.9 Å². The van der Waals surface area contributed by atoms with Gasteiger partial charge in [0.1, 0.15) is 12.1 Å². The standard InChI is InChI=1S/C19H26N4O5/c1-12(22-18(26)14-8-5-9-20-14)17(25)21-11-16(24)23-15(19(27)28)10-13-6-3-2-4-7-13/h2-4,6-7,12,14-15,20H,5,8-11H2,1H3,(H,21,25)(H,22,26)(H,23,24)(H,27,28). The Bertz CT molecular complexity index is 704. The Morgan fingerprint density at radius 2 is 1.89 bits per heavy atom. The van der Waals surface area contributed by atoms with Crippen molar-refractivity contribution in [3.05, 3.63) is 35.9 Å². The van der Waals surface area contributed by atoms with Gasteiger partial charge in [-0.05, 0) is 31.9 Å². The highest BCUT2D eigenvalue weighted by Crippen LogP contribution is 2.05. The summed E-state index contributed by atoms with van der Waals surface area (Å²) in [6.45, 7) is 1.92. The average Bonchev–Trinajstić information content (AvgIpc) is 3.21. The molecule has 1 saturated heterocycles. The van der Waals surface area contributed by atoms with Gasteiger partial charge in [-0.25, -0.2) is 4.79 Å². The SMILES string of the molecule is CC(NC(=O)C1CCCN1)C(=O)NCC(=O)NC(Cc1ccccc1)C(=O)O. The number of carboxylic acid groups (broad SMARTS) is 1. The minimum atomic E-state index is -1.16. The number of carbonyl (C=O) groups excluding carboxylic acids is 3. The van der Waals surface area contributed by atoms with E-state index in [0.29, 0.717) is 0 Å². The summed E-state index contributed by atoms with van der Waals surface area (Å²) >= 11 is 0. The number of aliphatic carboxylic acids is 1. The number of nitrogens with one attached hydrogen (secondary N) is 4. The summed E-state index contributed by atoms with van der Waals surface area (Å²) in [5.41, 5.74) is 0.774. The highest BCUT2D eigenvalue weighted by molar-refractivity contribution is 5.92. The topological polar surface area (TPSA) is 137 Å². The van der Waals surface area contributed by atoms with Crippen LogP contribution >= 0.6 is 0 Å². The number of hydrogen-bond donors (Lipinski definition) is 5. The molecule has 0 saturated carbocycles. The summed E-state index contributed by atoms with van der Waals surface area (Å²) in [6, 6.07) is 6.73. The molecule has 0 spiro atoms. The van der Waals surface area contributed by atoms with Gasteiger partial charge >= 0.3 is 5.97 Å². The van der Waals surface area contributed by atoms with Crippen molar-refractivity contribution < 1.29 is 24.3 Å². The molecule has 5 N–H and O–H groups in total. The molecule has 3 atom stereocenters. The molecule has 1 aliphatic heterocycles. The number of carbonyl (C=O) groups is 4. The molecule has 2 rings (SSSR count). The van der Waals surface area contributed by atoms with Gasteiger partial charge in [-0.2, -0.15) is 0 Å². The van der Waals surface area contributed by atoms with E-state index in [0.717, 1.165) is 24.9 Å². The first kappa shape index (κ1) is 21.4. The number of benzene rings is 1. The van der Waals surface area contributed by atoms with E-state index in [-0.39, 0.29) is 24.9 Å². The maximum absolute atomic E-state index is 12.1. The lowest BCUT2D eigenvalue weighted by molar-refractivity contribution is -0.141. The van der Waals surface area contributed by atoms with Crippen molar-refractivity contribution >= 4 is 23.7 Å². The molecule has 9 nitrogen and oxygen atoms in total. The monoisotopic (exact) mass is 390 g/mol. The number of amides is 3. The van der Waals surface area contributed by atoms with Crippen LogP contribution in [0.1, 0.15) is 25.3 Å². The lowest BCUT2D eigenvalue weighted by atomic mass is 10.1. The van der Waals surface area contributed by atoms with Crippen molar-refractivity contribution in [3.63, 3.8) is 0 Å². The summed E-state index contributed by atoms with van der Waals surface area (Å²) in [7, 11) is 0. The molecule has 0 aromatic heterocycles. The predicted molar refractivity (Wildman–Crippen MR) is 101 cm³/mol. The first-order chi connectivity index (χ1) is 13.4. The van der Waals surface area contributed by atoms with Gasteiger partial charge in [0.25, 0.3) is 0 Å². The largest absolute Gasteiger partial charge is 0.480 e. The second-order valence-electron chi connectivity index (χ2n) is 6.75. The zero-order valence-electron chi connectivity index (χ0n) is 15.7. The van der Waals surface area contributed by atoms with Crippen molar-refractivity contribution in [2.24, 2.45) is 0 Å². The molecule has 1 fully saturated rings. The zero-order valence-corrected chi connectivity index (χ0v) is 15.7. The van der Waals surface area contributed by atoms with Gasteiger partial charge in [0.05, 0.1) is 12.6 Å². The first-order valence-electron chi connectivity index (χ1n) is 9.24. The average molecular weight is 390 g/mol. The van der Waals surface area contributed by atoms with Gasteiger partial charge in [-0.3, -0.25) is 14.4 Å². The molecule has 1 aromatic rings. The number of hydrogen-bond acceptors (Lipinski definition) is 5. The van der Waals surface area contributed by atoms with E-state index in [1.54, 1.807) is 24.3 Å². The molecule has 3 unspecified atom stereocenters. The van der Waals surface area contributed by atoms with E-state index in [9.17, 15) is 24.3 Å². The van der Waals surface area contributed by atoms with Crippen LogP contribution in [0.4, 0.5) is 0 Å². The molecular formula is C19H26N4O5. The van der Waals surface area contributed by atoms with E-state index >= 15 is 0 Å². The fourth-order valence-corrected chi connectivity index (χ4v) is 2.90. The summed E-state index contributed by atoms with van der Waals surface area (Å²) in [5.74, 6) is -2.55. The Balaban J connectivity index is 1.76. The second kappa shape index (κ2) is 10.4. The molecule has 3 amide bonds. The maximum atomic E-state index is 12.1. The zero-order chi connectivity index (χ0) is 20.5. The van der Waals surface area contributed by atoms with Crippen LogP contribution in [-0.4, -0.2) is 60.0 Å². The predicted octanol–water partition coefficient (Wildman–Crippen LogP) is -0.829. The highest BCUT2D eigenvalue weighted by Gasteiger charge is 2.25. The first-order valence-corrected chi connectivity index (χ1v) is 9.24. The van der Waals surface area contributed by atoms with Crippen LogP contribution in [0.15, 0.2) is 30.3 Å². The van der Waals surface area contributed by atoms with Crippen LogP contribution in [0.2, 0.25) is 0 Å². The summed E-state index contributed by atoms with van der Waals surface area (Å²) in [4.78, 5) is 47.5. The maximum Gasteiger partial charge on any atom is 0.326 e. The fraction of sp³-hybridized carbons (Fsp3) is 0.474. The fourth-order valence-electron chi connectivity index (χ4n) is 2.90. The Labute approximate surface area is 163 Å². The van der Waals surface area contributed by atoms with Crippen molar-refractivity contribution in [2.75, 3.05) is 13.1 Å². The van der Waals surface area contributed by atoms with Crippen LogP contribution in [0.25, 0.3) is 0 Å². The third-order valence-corrected chi connectivity index (χ3v) is 4.47. The van der Waals surface area contributed by atoms with E-state index in [1.807, 2.05) is 6.07 Å². The molecule has 152 valence electrons. The lowest BCUT2D eigenvalue weighted by Crippen LogP contribution is -2.52. The van der Waals surface area contributed by atoms with Gasteiger partial charge in [-0.1, -0.05) is 30.3 Å². The van der Waals surface area contributed by atoms with Crippen LogP contribution in [0.3, 0.4) is 0 Å². The quantitative estimate of drug-likeness (QED) is 0.373. The second-order valence-corrected chi connectivity index (χ2v) is 6.75. The molecule has 1 aliphatic rings. The molecule has 28 heavy (non-hydrogen) atoms. The van der Waals surface area contributed by atoms with Crippen LogP contribution in [-0.2, 0) is 25.6 Å². The van der Waals surface area contributed by atoms with Crippen molar-refractivity contribution in [1.82, 2.24) is 21.3 Å². The third kappa shape index (κ3) is 6.66. The van der Waals surface area contributed by atoms with Gasteiger partial charge < -0.3 is 26.4 Å². The van der Waals surface area contributed by atoms with Crippen LogP contribution in [0.5, 0.6) is 0 Å². The highest BCUT2D eigenvalue weighted by atomic mass is 16.4. The van der Waals surface area contributed by atoms with Crippen LogP contribution < -0.4 is 21.3 Å². The molecule has 1 aromatic carbocycles. The smallest absolute Gasteiger partial charge is 0.326 e. The Morgan fingerprint density at radius 3 is 2.50 bits per heavy atom. The molecule has 0 aliphatic carbocycles. The number of rotatable bonds is 9. The Morgan fingerprint density at radius 1 is 1.18 bits per heavy atom. The normalized spacial score (nSPS) is 18.0. The van der Waals surface area contributed by atoms with E-state index in [2.05, 4.69) is 21.3 Å². The summed E-state index contributed by atoms with van der Waals surface area (Å²) in [5, 5.41) is 19.7. The summed E-state index contributed by atoms with van der Waals surface area (Å²) in [6.07, 6.45) is 1.77. The van der Waals surface area contributed by atoms with Crippen molar-refractivity contribution in [1.29, 1.82) is 0 Å². The molecule has 0 bridgehead atoms. The lowest BCUT2D eigenvalue weighted by Gasteiger charge is -2.18. The van der Waals surface area contributed by atoms with Crippen molar-refractivity contribution in [3.8, 4) is 0 Å². The molecule has 0 radical (unpaired) electrons. The third-order valence-electron chi connectivity index (χ3n) is 4.47. The van der Waals surface area contributed by atoms with Gasteiger partial charge in [0.15, 0.2) is 0 Å². The Hall–Kier alpha value is -2.94. The summed E-state index contributed by atoms with van der Waals surface area (Å²) < 4.78 is 0. The Kier molecular flexibility index (Phi) is 7.94. The van der Waals surface area contributed by atoms with Gasteiger partial charge in [0.2, 0.25) is 17.7 Å². The van der Waals surface area contributed by atoms with Gasteiger partial charge in [0, 0.05) is 6.42 Å². The molecular weight excluding hydrogens is 364 g/mol. The van der Waals surface area contributed by atoms with E-state index in [4.69, 9.17) is 0 Å². The van der Waals surface area contributed by atoms with E-state index in [1.165, 1.54) is 6.92 Å². The molecule has 1 heterocycles. The number of carboxylic acids is 1. The van der Waals surface area contributed by atoms with Crippen LogP contribution in [0, 0.1) is 0 Å². The minimum absolute atomic E-state index is 0.136. The van der Waals surface area contributed by atoms with Gasteiger partial charge in [-0.15, -0.1) is 0 Å². The minimum Gasteiger partial charge on any atom is -0.480 e. The van der Waals surface area contributed by atoms with Crippen molar-refractivity contribution in [2.45, 2.75) is 44.3 Å².